The van der Waals surface area contributed by atoms with Gasteiger partial charge in [-0.1, -0.05) is 13.8 Å². The SMILES string of the molecule is CCC(CC)NC(=O)C(C)Nc1cc(F)c(Br)cc1C. The first kappa shape index (κ1) is 17.0. The Kier molecular flexibility index (Phi) is 6.46. The molecule has 0 aliphatic carbocycles. The molecule has 1 rings (SSSR count). The summed E-state index contributed by atoms with van der Waals surface area (Å²) in [5.41, 5.74) is 1.53. The van der Waals surface area contributed by atoms with Crippen LogP contribution in [0.15, 0.2) is 16.6 Å². The smallest absolute Gasteiger partial charge is 0.242 e. The summed E-state index contributed by atoms with van der Waals surface area (Å²) in [6, 6.07) is 2.88. The van der Waals surface area contributed by atoms with Crippen LogP contribution in [0.1, 0.15) is 39.2 Å². The molecule has 1 unspecified atom stereocenters. The summed E-state index contributed by atoms with van der Waals surface area (Å²) in [6.45, 7) is 7.73. The Morgan fingerprint density at radius 3 is 2.50 bits per heavy atom. The Labute approximate surface area is 128 Å². The van der Waals surface area contributed by atoms with Gasteiger partial charge in [0.25, 0.3) is 0 Å². The van der Waals surface area contributed by atoms with Gasteiger partial charge in [-0.3, -0.25) is 4.79 Å². The fraction of sp³-hybridized carbons (Fsp3) is 0.533. The maximum atomic E-state index is 13.5. The van der Waals surface area contributed by atoms with Crippen molar-refractivity contribution in [1.29, 1.82) is 0 Å². The topological polar surface area (TPSA) is 41.1 Å². The Balaban J connectivity index is 2.73. The number of hydrogen-bond acceptors (Lipinski definition) is 2. The lowest BCUT2D eigenvalue weighted by Gasteiger charge is -2.21. The van der Waals surface area contributed by atoms with E-state index in [0.29, 0.717) is 10.2 Å². The van der Waals surface area contributed by atoms with E-state index in [-0.39, 0.29) is 17.8 Å². The summed E-state index contributed by atoms with van der Waals surface area (Å²) in [5.74, 6) is -0.410. The molecular formula is C15H22BrFN2O. The Bertz CT molecular complexity index is 475. The van der Waals surface area contributed by atoms with Gasteiger partial charge in [-0.15, -0.1) is 0 Å². The zero-order chi connectivity index (χ0) is 15.3. The molecule has 0 aliphatic rings. The van der Waals surface area contributed by atoms with Gasteiger partial charge < -0.3 is 10.6 Å². The van der Waals surface area contributed by atoms with Crippen LogP contribution in [0.5, 0.6) is 0 Å². The fourth-order valence-corrected chi connectivity index (χ4v) is 2.38. The second-order valence-corrected chi connectivity index (χ2v) is 5.82. The molecule has 0 radical (unpaired) electrons. The third-order valence-corrected chi connectivity index (χ3v) is 3.97. The van der Waals surface area contributed by atoms with Crippen LogP contribution in [-0.4, -0.2) is 18.0 Å². The van der Waals surface area contributed by atoms with E-state index in [9.17, 15) is 9.18 Å². The highest BCUT2D eigenvalue weighted by Gasteiger charge is 2.17. The maximum absolute atomic E-state index is 13.5. The van der Waals surface area contributed by atoms with E-state index in [1.807, 2.05) is 20.8 Å². The highest BCUT2D eigenvalue weighted by molar-refractivity contribution is 9.10. The first-order chi connectivity index (χ1) is 9.38. The van der Waals surface area contributed by atoms with Crippen LogP contribution in [-0.2, 0) is 4.79 Å². The summed E-state index contributed by atoms with van der Waals surface area (Å²) in [6.07, 6.45) is 1.81. The Morgan fingerprint density at radius 2 is 1.95 bits per heavy atom. The fourth-order valence-electron chi connectivity index (χ4n) is 1.92. The van der Waals surface area contributed by atoms with Crippen molar-refractivity contribution in [3.63, 3.8) is 0 Å². The summed E-state index contributed by atoms with van der Waals surface area (Å²) in [5, 5.41) is 6.04. The van der Waals surface area contributed by atoms with Gasteiger partial charge in [0.15, 0.2) is 0 Å². The van der Waals surface area contributed by atoms with Crippen LogP contribution < -0.4 is 10.6 Å². The van der Waals surface area contributed by atoms with Crippen LogP contribution in [0.3, 0.4) is 0 Å². The van der Waals surface area contributed by atoms with Gasteiger partial charge in [-0.25, -0.2) is 4.39 Å². The van der Waals surface area contributed by atoms with Gasteiger partial charge in [-0.05, 0) is 60.3 Å². The number of amides is 1. The zero-order valence-corrected chi connectivity index (χ0v) is 14.0. The van der Waals surface area contributed by atoms with E-state index < -0.39 is 6.04 Å². The van der Waals surface area contributed by atoms with Gasteiger partial charge >= 0.3 is 0 Å². The Hall–Kier alpha value is -1.10. The quantitative estimate of drug-likeness (QED) is 0.818. The molecule has 1 aromatic rings. The lowest BCUT2D eigenvalue weighted by atomic mass is 10.1. The Morgan fingerprint density at radius 1 is 1.35 bits per heavy atom. The van der Waals surface area contributed by atoms with E-state index in [4.69, 9.17) is 0 Å². The summed E-state index contributed by atoms with van der Waals surface area (Å²) in [7, 11) is 0. The number of nitrogens with one attached hydrogen (secondary N) is 2. The summed E-state index contributed by atoms with van der Waals surface area (Å²) in [4.78, 5) is 12.1. The van der Waals surface area contributed by atoms with Crippen molar-refractivity contribution in [3.05, 3.63) is 28.0 Å². The van der Waals surface area contributed by atoms with Gasteiger partial charge in [0.1, 0.15) is 11.9 Å². The monoisotopic (exact) mass is 344 g/mol. The lowest BCUT2D eigenvalue weighted by molar-refractivity contribution is -0.122. The molecule has 0 saturated carbocycles. The second-order valence-electron chi connectivity index (χ2n) is 4.97. The van der Waals surface area contributed by atoms with Gasteiger partial charge in [0, 0.05) is 11.7 Å². The normalized spacial score (nSPS) is 12.3. The van der Waals surface area contributed by atoms with Crippen molar-refractivity contribution in [2.75, 3.05) is 5.32 Å². The van der Waals surface area contributed by atoms with Crippen LogP contribution >= 0.6 is 15.9 Å². The van der Waals surface area contributed by atoms with Gasteiger partial charge in [0.05, 0.1) is 4.47 Å². The number of carbonyl (C=O) groups is 1. The molecule has 0 bridgehead atoms. The average molecular weight is 345 g/mol. The van der Waals surface area contributed by atoms with E-state index >= 15 is 0 Å². The molecule has 1 amide bonds. The van der Waals surface area contributed by atoms with Gasteiger partial charge in [0.2, 0.25) is 5.91 Å². The van der Waals surface area contributed by atoms with E-state index in [2.05, 4.69) is 26.6 Å². The number of anilines is 1. The zero-order valence-electron chi connectivity index (χ0n) is 12.4. The molecule has 20 heavy (non-hydrogen) atoms. The third kappa shape index (κ3) is 4.47. The number of benzene rings is 1. The van der Waals surface area contributed by atoms with Crippen molar-refractivity contribution < 1.29 is 9.18 Å². The molecule has 2 N–H and O–H groups in total. The number of halogens is 2. The molecular weight excluding hydrogens is 323 g/mol. The van der Waals surface area contributed by atoms with Crippen LogP contribution in [0.2, 0.25) is 0 Å². The van der Waals surface area contributed by atoms with E-state index in [1.54, 1.807) is 13.0 Å². The van der Waals surface area contributed by atoms with Crippen molar-refractivity contribution in [2.24, 2.45) is 0 Å². The number of hydrogen-bond donors (Lipinski definition) is 2. The van der Waals surface area contributed by atoms with Crippen molar-refractivity contribution >= 4 is 27.5 Å². The molecule has 0 aliphatic heterocycles. The minimum atomic E-state index is -0.408. The highest BCUT2D eigenvalue weighted by atomic mass is 79.9. The molecule has 112 valence electrons. The molecule has 0 fully saturated rings. The number of carbonyl (C=O) groups excluding carboxylic acids is 1. The average Bonchev–Trinajstić information content (AvgIpc) is 2.41. The molecule has 0 spiro atoms. The minimum absolute atomic E-state index is 0.0681. The van der Waals surface area contributed by atoms with Crippen LogP contribution in [0.4, 0.5) is 10.1 Å². The molecule has 1 atom stereocenters. The molecule has 1 aromatic carbocycles. The summed E-state index contributed by atoms with van der Waals surface area (Å²) >= 11 is 3.14. The van der Waals surface area contributed by atoms with Gasteiger partial charge in [-0.2, -0.15) is 0 Å². The molecule has 0 heterocycles. The number of rotatable bonds is 6. The largest absolute Gasteiger partial charge is 0.374 e. The second kappa shape index (κ2) is 7.62. The maximum Gasteiger partial charge on any atom is 0.242 e. The summed E-state index contributed by atoms with van der Waals surface area (Å²) < 4.78 is 14.0. The predicted molar refractivity (Wildman–Crippen MR) is 84.4 cm³/mol. The first-order valence-electron chi connectivity index (χ1n) is 6.91. The molecule has 5 heteroatoms. The minimum Gasteiger partial charge on any atom is -0.374 e. The predicted octanol–water partition coefficient (Wildman–Crippen LogP) is 4.00. The number of aryl methyl sites for hydroxylation is 1. The molecule has 0 aromatic heterocycles. The van der Waals surface area contributed by atoms with Crippen molar-refractivity contribution in [2.45, 2.75) is 52.6 Å². The lowest BCUT2D eigenvalue weighted by Crippen LogP contribution is -2.42. The van der Waals surface area contributed by atoms with E-state index in [0.717, 1.165) is 18.4 Å². The van der Waals surface area contributed by atoms with E-state index in [1.165, 1.54) is 6.07 Å². The molecule has 0 saturated heterocycles. The standard InChI is InChI=1S/C15H22BrFN2O/c1-5-11(6-2)19-15(20)10(4)18-14-8-13(17)12(16)7-9(14)3/h7-8,10-11,18H,5-6H2,1-4H3,(H,19,20). The van der Waals surface area contributed by atoms with Crippen molar-refractivity contribution in [1.82, 2.24) is 5.32 Å². The molecule has 3 nitrogen and oxygen atoms in total. The first-order valence-corrected chi connectivity index (χ1v) is 7.70. The van der Waals surface area contributed by atoms with Crippen LogP contribution in [0, 0.1) is 12.7 Å². The van der Waals surface area contributed by atoms with Crippen molar-refractivity contribution in [3.8, 4) is 0 Å². The van der Waals surface area contributed by atoms with Crippen LogP contribution in [0.25, 0.3) is 0 Å². The highest BCUT2D eigenvalue weighted by Crippen LogP contribution is 2.24. The third-order valence-electron chi connectivity index (χ3n) is 3.36.